The fourth-order valence-corrected chi connectivity index (χ4v) is 2.37. The van der Waals surface area contributed by atoms with Gasteiger partial charge in [-0.25, -0.2) is 0 Å². The van der Waals surface area contributed by atoms with Crippen molar-refractivity contribution in [2.75, 3.05) is 13.6 Å². The second-order valence-electron chi connectivity index (χ2n) is 5.24. The first-order valence-corrected chi connectivity index (χ1v) is 6.60. The number of hydrogen-bond donors (Lipinski definition) is 2. The Balaban J connectivity index is 0.00000242. The van der Waals surface area contributed by atoms with E-state index < -0.39 is 23.9 Å². The molecular formula is C14H18ClF3N2O2. The Hall–Kier alpha value is -1.31. The lowest BCUT2D eigenvalue weighted by Gasteiger charge is -2.21. The van der Waals surface area contributed by atoms with E-state index in [0.29, 0.717) is 18.5 Å². The maximum absolute atomic E-state index is 12.6. The van der Waals surface area contributed by atoms with E-state index in [-0.39, 0.29) is 24.9 Å². The van der Waals surface area contributed by atoms with Crippen molar-refractivity contribution in [1.29, 1.82) is 0 Å². The molecule has 124 valence electrons. The van der Waals surface area contributed by atoms with Gasteiger partial charge in [0, 0.05) is 20.1 Å². The molecule has 0 aromatic heterocycles. The van der Waals surface area contributed by atoms with Crippen molar-refractivity contribution in [3.05, 3.63) is 35.4 Å². The van der Waals surface area contributed by atoms with Crippen LogP contribution in [0, 0.1) is 0 Å². The van der Waals surface area contributed by atoms with Crippen molar-refractivity contribution < 1.29 is 23.1 Å². The predicted molar refractivity (Wildman–Crippen MR) is 77.6 cm³/mol. The lowest BCUT2D eigenvalue weighted by molar-refractivity contribution is -0.137. The van der Waals surface area contributed by atoms with Crippen LogP contribution in [-0.2, 0) is 17.5 Å². The fraction of sp³-hybridized carbons (Fsp3) is 0.500. The monoisotopic (exact) mass is 338 g/mol. The molecular weight excluding hydrogens is 321 g/mol. The van der Waals surface area contributed by atoms with Crippen molar-refractivity contribution in [1.82, 2.24) is 10.2 Å². The quantitative estimate of drug-likeness (QED) is 0.884. The summed E-state index contributed by atoms with van der Waals surface area (Å²) in [7, 11) is 1.54. The molecule has 0 saturated carbocycles. The van der Waals surface area contributed by atoms with E-state index in [9.17, 15) is 23.1 Å². The first kappa shape index (κ1) is 18.7. The van der Waals surface area contributed by atoms with Gasteiger partial charge >= 0.3 is 6.18 Å². The highest BCUT2D eigenvalue weighted by Gasteiger charge is 2.32. The van der Waals surface area contributed by atoms with E-state index in [2.05, 4.69) is 5.32 Å². The molecule has 2 rings (SSSR count). The summed E-state index contributed by atoms with van der Waals surface area (Å²) in [6.45, 7) is 0.449. The number of nitrogens with zero attached hydrogens (tertiary/aromatic N) is 1. The summed E-state index contributed by atoms with van der Waals surface area (Å²) in [5.74, 6) is -0.232. The highest BCUT2D eigenvalue weighted by atomic mass is 35.5. The maximum Gasteiger partial charge on any atom is 0.416 e. The number of β-amino-alcohol motifs (C(OH)–C–C–N with tert-alkyl or cyclic N) is 1. The van der Waals surface area contributed by atoms with Gasteiger partial charge in [-0.1, -0.05) is 12.1 Å². The summed E-state index contributed by atoms with van der Waals surface area (Å²) < 4.78 is 37.9. The van der Waals surface area contributed by atoms with Crippen LogP contribution in [0.5, 0.6) is 0 Å². The number of benzene rings is 1. The third-order valence-corrected chi connectivity index (χ3v) is 3.46. The van der Waals surface area contributed by atoms with Gasteiger partial charge in [-0.05, 0) is 24.1 Å². The van der Waals surface area contributed by atoms with Gasteiger partial charge in [0.2, 0.25) is 5.91 Å². The van der Waals surface area contributed by atoms with Gasteiger partial charge in [-0.2, -0.15) is 13.2 Å². The lowest BCUT2D eigenvalue weighted by Crippen LogP contribution is -2.41. The van der Waals surface area contributed by atoms with Crippen LogP contribution >= 0.6 is 12.4 Å². The summed E-state index contributed by atoms with van der Waals surface area (Å²) >= 11 is 0. The summed E-state index contributed by atoms with van der Waals surface area (Å²) in [5.41, 5.74) is -0.311. The van der Waals surface area contributed by atoms with Crippen LogP contribution < -0.4 is 5.32 Å². The topological polar surface area (TPSA) is 52.6 Å². The Labute approximate surface area is 132 Å². The molecule has 8 heteroatoms. The zero-order chi connectivity index (χ0) is 15.6. The molecule has 1 aromatic rings. The molecule has 4 nitrogen and oxygen atoms in total. The third kappa shape index (κ3) is 4.59. The maximum atomic E-state index is 12.6. The van der Waals surface area contributed by atoms with Crippen LogP contribution in [0.1, 0.15) is 17.5 Å². The molecule has 0 unspecified atom stereocenters. The fourth-order valence-electron chi connectivity index (χ4n) is 2.37. The largest absolute Gasteiger partial charge is 0.416 e. The third-order valence-electron chi connectivity index (χ3n) is 3.46. The number of alkyl halides is 3. The van der Waals surface area contributed by atoms with Gasteiger partial charge in [-0.15, -0.1) is 12.4 Å². The Morgan fingerprint density at radius 1 is 1.45 bits per heavy atom. The number of likely N-dealkylation sites (N-methyl/N-ethyl adjacent to an activating group) is 1. The van der Waals surface area contributed by atoms with Crippen molar-refractivity contribution in [2.24, 2.45) is 0 Å². The summed E-state index contributed by atoms with van der Waals surface area (Å²) in [6, 6.07) is 4.45. The molecule has 1 aliphatic heterocycles. The number of amides is 1. The minimum absolute atomic E-state index is 0. The van der Waals surface area contributed by atoms with Crippen LogP contribution in [0.15, 0.2) is 24.3 Å². The van der Waals surface area contributed by atoms with E-state index in [1.54, 1.807) is 6.07 Å². The summed E-state index contributed by atoms with van der Waals surface area (Å²) in [6.07, 6.45) is -4.62. The average Bonchev–Trinajstić information content (AvgIpc) is 2.84. The number of rotatable bonds is 3. The molecule has 1 aliphatic rings. The second kappa shape index (κ2) is 7.30. The number of nitrogens with one attached hydrogen (secondary N) is 1. The van der Waals surface area contributed by atoms with Crippen LogP contribution in [0.4, 0.5) is 13.2 Å². The molecule has 0 bridgehead atoms. The molecule has 1 amide bonds. The van der Waals surface area contributed by atoms with Crippen LogP contribution in [0.25, 0.3) is 0 Å². The van der Waals surface area contributed by atoms with Crippen molar-refractivity contribution >= 4 is 18.3 Å². The molecule has 1 saturated heterocycles. The van der Waals surface area contributed by atoms with E-state index >= 15 is 0 Å². The van der Waals surface area contributed by atoms with Crippen molar-refractivity contribution in [3.63, 3.8) is 0 Å². The Morgan fingerprint density at radius 2 is 2.14 bits per heavy atom. The Morgan fingerprint density at radius 3 is 2.68 bits per heavy atom. The molecule has 1 fully saturated rings. The number of halogens is 4. The molecule has 0 radical (unpaired) electrons. The molecule has 0 spiro atoms. The van der Waals surface area contributed by atoms with E-state index in [1.165, 1.54) is 18.0 Å². The summed E-state index contributed by atoms with van der Waals surface area (Å²) in [4.78, 5) is 13.5. The van der Waals surface area contributed by atoms with Crippen molar-refractivity contribution in [2.45, 2.75) is 31.3 Å². The zero-order valence-electron chi connectivity index (χ0n) is 11.9. The van der Waals surface area contributed by atoms with Gasteiger partial charge in [0.1, 0.15) is 0 Å². The number of carbonyl (C=O) groups is 1. The second-order valence-corrected chi connectivity index (χ2v) is 5.24. The SMILES string of the molecule is CN(Cc1cccc(C(F)(F)F)c1)C(=O)[C@H]1C[C@@H](O)CN1.Cl. The van der Waals surface area contributed by atoms with E-state index in [1.807, 2.05) is 0 Å². The number of carbonyl (C=O) groups excluding carboxylic acids is 1. The zero-order valence-corrected chi connectivity index (χ0v) is 12.7. The highest BCUT2D eigenvalue weighted by Crippen LogP contribution is 2.29. The normalized spacial score (nSPS) is 21.3. The lowest BCUT2D eigenvalue weighted by atomic mass is 10.1. The molecule has 1 heterocycles. The molecule has 0 aliphatic carbocycles. The minimum atomic E-state index is -4.39. The van der Waals surface area contributed by atoms with Gasteiger partial charge in [0.15, 0.2) is 0 Å². The van der Waals surface area contributed by atoms with Crippen LogP contribution in [-0.4, -0.2) is 41.7 Å². The Bertz CT molecular complexity index is 525. The molecule has 2 N–H and O–H groups in total. The van der Waals surface area contributed by atoms with Crippen LogP contribution in [0.2, 0.25) is 0 Å². The highest BCUT2D eigenvalue weighted by molar-refractivity contribution is 5.85. The van der Waals surface area contributed by atoms with Crippen molar-refractivity contribution in [3.8, 4) is 0 Å². The van der Waals surface area contributed by atoms with E-state index in [4.69, 9.17) is 0 Å². The number of aliphatic hydroxyl groups excluding tert-OH is 1. The van der Waals surface area contributed by atoms with Gasteiger partial charge in [-0.3, -0.25) is 4.79 Å². The first-order chi connectivity index (χ1) is 9.77. The Kier molecular flexibility index (Phi) is 6.22. The summed E-state index contributed by atoms with van der Waals surface area (Å²) in [5, 5.41) is 12.3. The van der Waals surface area contributed by atoms with Gasteiger partial charge in [0.05, 0.1) is 17.7 Å². The number of aliphatic hydroxyl groups is 1. The smallest absolute Gasteiger partial charge is 0.392 e. The average molecular weight is 339 g/mol. The molecule has 1 aromatic carbocycles. The standard InChI is InChI=1S/C14H17F3N2O2.ClH/c1-19(13(21)12-6-11(20)7-18-12)8-9-3-2-4-10(5-9)14(15,16)17;/h2-5,11-12,18,20H,6-8H2,1H3;1H/t11-,12-;/m1./s1. The number of hydrogen-bond acceptors (Lipinski definition) is 3. The van der Waals surface area contributed by atoms with Crippen LogP contribution in [0.3, 0.4) is 0 Å². The predicted octanol–water partition coefficient (Wildman–Crippen LogP) is 1.81. The van der Waals surface area contributed by atoms with E-state index in [0.717, 1.165) is 12.1 Å². The minimum Gasteiger partial charge on any atom is -0.392 e. The molecule has 22 heavy (non-hydrogen) atoms. The molecule has 2 atom stereocenters. The van der Waals surface area contributed by atoms with Gasteiger partial charge in [0.25, 0.3) is 0 Å². The van der Waals surface area contributed by atoms with Gasteiger partial charge < -0.3 is 15.3 Å². The first-order valence-electron chi connectivity index (χ1n) is 6.60.